The normalized spacial score (nSPS) is 13.8. The Morgan fingerprint density at radius 1 is 0.636 bits per heavy atom. The standard InChI is InChI=1S/C28H16BNO2Se/c1-2-9-17(10-3-1)30-20-13-8-16-23-25(20)29(24-18-11-4-6-14-21(18)32-28(24)30)27-26(33-23)19-12-5-7-15-22(19)31-27/h1-16H. The Morgan fingerprint density at radius 2 is 1.36 bits per heavy atom. The zero-order valence-electron chi connectivity index (χ0n) is 17.5. The molecule has 8 rings (SSSR count). The monoisotopic (exact) mass is 489 g/mol. The molecule has 0 bridgehead atoms. The number of anilines is 3. The van der Waals surface area contributed by atoms with Crippen molar-refractivity contribution in [3.05, 3.63) is 97.1 Å². The molecule has 0 N–H and O–H groups in total. The summed E-state index contributed by atoms with van der Waals surface area (Å²) < 4.78 is 16.0. The van der Waals surface area contributed by atoms with Crippen LogP contribution in [0.25, 0.3) is 21.9 Å². The van der Waals surface area contributed by atoms with Gasteiger partial charge in [-0.15, -0.1) is 0 Å². The van der Waals surface area contributed by atoms with Crippen LogP contribution in [0.3, 0.4) is 0 Å². The number of rotatable bonds is 1. The predicted octanol–water partition coefficient (Wildman–Crippen LogP) is 3.45. The molecule has 33 heavy (non-hydrogen) atoms. The molecule has 0 fully saturated rings. The molecule has 0 unspecified atom stereocenters. The van der Waals surface area contributed by atoms with Crippen molar-refractivity contribution in [1.29, 1.82) is 0 Å². The average molecular weight is 488 g/mol. The minimum atomic E-state index is 0.0211. The molecule has 4 heterocycles. The Hall–Kier alpha value is -3.66. The van der Waals surface area contributed by atoms with Gasteiger partial charge in [0.05, 0.1) is 0 Å². The summed E-state index contributed by atoms with van der Waals surface area (Å²) in [7, 11) is 0. The Labute approximate surface area is 196 Å². The molecule has 0 spiro atoms. The van der Waals surface area contributed by atoms with E-state index in [1.165, 1.54) is 30.9 Å². The van der Waals surface area contributed by atoms with Crippen LogP contribution >= 0.6 is 0 Å². The molecule has 3 nitrogen and oxygen atoms in total. The SMILES string of the molecule is c1ccc(N2c3cccc4c3B(c3oc5ccccc5c3[Se]4)c3c2oc2ccccc32)cc1. The van der Waals surface area contributed by atoms with Crippen molar-refractivity contribution in [3.8, 4) is 0 Å². The zero-order chi connectivity index (χ0) is 21.5. The number of hydrogen-bond acceptors (Lipinski definition) is 3. The van der Waals surface area contributed by atoms with E-state index in [1.54, 1.807) is 0 Å². The van der Waals surface area contributed by atoms with Crippen molar-refractivity contribution in [1.82, 2.24) is 0 Å². The van der Waals surface area contributed by atoms with Gasteiger partial charge in [0.15, 0.2) is 0 Å². The number of furan rings is 2. The third-order valence-electron chi connectivity index (χ3n) is 6.74. The molecule has 6 aromatic rings. The maximum atomic E-state index is 6.61. The number of nitrogens with zero attached hydrogens (tertiary/aromatic N) is 1. The predicted molar refractivity (Wildman–Crippen MR) is 137 cm³/mol. The van der Waals surface area contributed by atoms with Gasteiger partial charge in [-0.2, -0.15) is 0 Å². The Morgan fingerprint density at radius 3 is 2.21 bits per heavy atom. The van der Waals surface area contributed by atoms with E-state index >= 15 is 0 Å². The van der Waals surface area contributed by atoms with Gasteiger partial charge in [0.25, 0.3) is 0 Å². The molecule has 0 amide bonds. The minimum absolute atomic E-state index is 0.0211. The Balaban J connectivity index is 1.53. The van der Waals surface area contributed by atoms with Crippen LogP contribution in [0.4, 0.5) is 17.3 Å². The molecular weight excluding hydrogens is 472 g/mol. The molecule has 0 aliphatic carbocycles. The first-order valence-electron chi connectivity index (χ1n) is 11.1. The fourth-order valence-corrected chi connectivity index (χ4v) is 8.00. The van der Waals surface area contributed by atoms with Gasteiger partial charge in [-0.25, -0.2) is 0 Å². The molecule has 2 aliphatic heterocycles. The summed E-state index contributed by atoms with van der Waals surface area (Å²) >= 11 is 0.170. The van der Waals surface area contributed by atoms with Crippen LogP contribution in [-0.4, -0.2) is 21.7 Å². The van der Waals surface area contributed by atoms with Gasteiger partial charge in [0.1, 0.15) is 0 Å². The summed E-state index contributed by atoms with van der Waals surface area (Å²) in [6, 6.07) is 34.1. The van der Waals surface area contributed by atoms with Crippen molar-refractivity contribution in [3.63, 3.8) is 0 Å². The van der Waals surface area contributed by atoms with Crippen LogP contribution < -0.4 is 30.4 Å². The summed E-state index contributed by atoms with van der Waals surface area (Å²) in [4.78, 5) is 2.29. The van der Waals surface area contributed by atoms with Crippen LogP contribution in [0.2, 0.25) is 0 Å². The third kappa shape index (κ3) is 2.31. The quantitative estimate of drug-likeness (QED) is 0.332. The zero-order valence-corrected chi connectivity index (χ0v) is 19.2. The van der Waals surface area contributed by atoms with Gasteiger partial charge in [0.2, 0.25) is 0 Å². The van der Waals surface area contributed by atoms with Crippen molar-refractivity contribution in [2.75, 3.05) is 4.90 Å². The molecule has 0 radical (unpaired) electrons. The first-order valence-corrected chi connectivity index (χ1v) is 12.8. The molecule has 2 aromatic heterocycles. The molecule has 0 saturated carbocycles. The van der Waals surface area contributed by atoms with E-state index in [4.69, 9.17) is 8.83 Å². The van der Waals surface area contributed by atoms with E-state index in [0.29, 0.717) is 0 Å². The first kappa shape index (κ1) is 17.8. The topological polar surface area (TPSA) is 29.5 Å². The Kier molecular flexibility index (Phi) is 3.49. The van der Waals surface area contributed by atoms with E-state index in [9.17, 15) is 0 Å². The van der Waals surface area contributed by atoms with Gasteiger partial charge in [-0.3, -0.25) is 0 Å². The number of benzene rings is 4. The second-order valence-electron chi connectivity index (χ2n) is 8.50. The van der Waals surface area contributed by atoms with Crippen molar-refractivity contribution in [2.24, 2.45) is 0 Å². The summed E-state index contributed by atoms with van der Waals surface area (Å²) in [5, 5.41) is 2.39. The van der Waals surface area contributed by atoms with Crippen molar-refractivity contribution in [2.45, 2.75) is 0 Å². The van der Waals surface area contributed by atoms with Crippen LogP contribution in [0.5, 0.6) is 0 Å². The number of hydrogen-bond donors (Lipinski definition) is 0. The summed E-state index contributed by atoms with van der Waals surface area (Å²) in [6.07, 6.45) is 0. The molecule has 5 heteroatoms. The fraction of sp³-hybridized carbons (Fsp3) is 0. The number of para-hydroxylation sites is 3. The van der Waals surface area contributed by atoms with E-state index in [0.717, 1.165) is 33.8 Å². The van der Waals surface area contributed by atoms with Crippen LogP contribution in [0, 0.1) is 0 Å². The molecule has 0 saturated heterocycles. The summed E-state index contributed by atoms with van der Waals surface area (Å²) in [6.45, 7) is 0.0211. The number of fused-ring (bicyclic) bond motifs is 8. The maximum absolute atomic E-state index is 6.61. The van der Waals surface area contributed by atoms with Gasteiger partial charge >= 0.3 is 197 Å². The second kappa shape index (κ2) is 6.44. The van der Waals surface area contributed by atoms with Gasteiger partial charge in [-0.1, -0.05) is 0 Å². The molecule has 0 atom stereocenters. The fourth-order valence-electron chi connectivity index (χ4n) is 5.40. The van der Waals surface area contributed by atoms with E-state index in [2.05, 4.69) is 95.9 Å². The van der Waals surface area contributed by atoms with Gasteiger partial charge in [0, 0.05) is 0 Å². The van der Waals surface area contributed by atoms with E-state index in [1.807, 2.05) is 6.07 Å². The van der Waals surface area contributed by atoms with E-state index in [-0.39, 0.29) is 21.7 Å². The average Bonchev–Trinajstić information content (AvgIpc) is 3.43. The third-order valence-corrected chi connectivity index (χ3v) is 9.26. The molecular formula is C28H16BNO2Se. The molecule has 4 aromatic carbocycles. The Bertz CT molecular complexity index is 1720. The summed E-state index contributed by atoms with van der Waals surface area (Å²) in [5.74, 6) is 0.887. The van der Waals surface area contributed by atoms with Gasteiger partial charge in [-0.05, 0) is 0 Å². The van der Waals surface area contributed by atoms with Crippen LogP contribution in [0.1, 0.15) is 0 Å². The van der Waals surface area contributed by atoms with Crippen LogP contribution in [-0.2, 0) is 0 Å². The molecule has 154 valence electrons. The van der Waals surface area contributed by atoms with Crippen molar-refractivity contribution >= 4 is 86.4 Å². The summed E-state index contributed by atoms with van der Waals surface area (Å²) in [5.41, 5.74) is 7.80. The van der Waals surface area contributed by atoms with E-state index < -0.39 is 0 Å². The van der Waals surface area contributed by atoms with Crippen LogP contribution in [0.15, 0.2) is 106 Å². The molecule has 2 aliphatic rings. The van der Waals surface area contributed by atoms with Crippen molar-refractivity contribution < 1.29 is 8.83 Å². The second-order valence-corrected chi connectivity index (χ2v) is 10.7. The van der Waals surface area contributed by atoms with Gasteiger partial charge < -0.3 is 0 Å². The first-order chi connectivity index (χ1) is 16.4.